The number of imidazole rings is 1. The van der Waals surface area contributed by atoms with E-state index in [1.54, 1.807) is 26.3 Å². The summed E-state index contributed by atoms with van der Waals surface area (Å²) in [5, 5.41) is 35.0. The zero-order valence-corrected chi connectivity index (χ0v) is 27.8. The van der Waals surface area contributed by atoms with Crippen LogP contribution < -0.4 is 46.1 Å². The van der Waals surface area contributed by atoms with Crippen LogP contribution >= 0.6 is 0 Å². The number of aromatic nitrogens is 2. The molecule has 3 fully saturated rings. The van der Waals surface area contributed by atoms with E-state index in [4.69, 9.17) is 24.7 Å². The molecule has 0 aliphatic carbocycles. The molecule has 5 aliphatic rings. The molecular formula is C33H44N8O8. The highest BCUT2D eigenvalue weighted by Crippen LogP contribution is 2.54. The van der Waals surface area contributed by atoms with E-state index in [-0.39, 0.29) is 29.9 Å². The number of carbonyl (C=O) groups is 2. The lowest BCUT2D eigenvalue weighted by molar-refractivity contribution is -0.141. The van der Waals surface area contributed by atoms with E-state index < -0.39 is 42.8 Å². The van der Waals surface area contributed by atoms with Gasteiger partial charge in [0, 0.05) is 30.9 Å². The number of benzene rings is 1. The summed E-state index contributed by atoms with van der Waals surface area (Å²) in [5.74, 6) is 0.786. The smallest absolute Gasteiger partial charge is 0.374 e. The van der Waals surface area contributed by atoms with Gasteiger partial charge in [-0.1, -0.05) is 6.08 Å². The van der Waals surface area contributed by atoms with Gasteiger partial charge in [0.15, 0.2) is 0 Å². The Kier molecular flexibility index (Phi) is 9.02. The number of aliphatic hydroxyl groups is 2. The van der Waals surface area contributed by atoms with Crippen molar-refractivity contribution < 1.29 is 38.7 Å². The summed E-state index contributed by atoms with van der Waals surface area (Å²) in [7, 11) is 1.55. The van der Waals surface area contributed by atoms with E-state index in [1.807, 2.05) is 28.7 Å². The first-order valence-corrected chi connectivity index (χ1v) is 16.7. The second-order valence-corrected chi connectivity index (χ2v) is 13.0. The molecule has 1 amide bonds. The van der Waals surface area contributed by atoms with Crippen molar-refractivity contribution in [2.24, 2.45) is 11.7 Å². The molecule has 264 valence electrons. The van der Waals surface area contributed by atoms with Crippen LogP contribution in [0.1, 0.15) is 43.4 Å². The summed E-state index contributed by atoms with van der Waals surface area (Å²) in [6, 6.07) is -0.509. The average molecular weight is 681 g/mol. The Morgan fingerprint density at radius 1 is 1.29 bits per heavy atom. The quantitative estimate of drug-likeness (QED) is 0.165. The van der Waals surface area contributed by atoms with Gasteiger partial charge in [-0.25, -0.2) is 9.78 Å². The summed E-state index contributed by atoms with van der Waals surface area (Å²) in [4.78, 5) is 32.1. The maximum absolute atomic E-state index is 13.1. The molecule has 0 bridgehead atoms. The first kappa shape index (κ1) is 33.3. The van der Waals surface area contributed by atoms with Crippen LogP contribution in [0.4, 0.5) is 5.95 Å². The second-order valence-electron chi connectivity index (χ2n) is 13.0. The van der Waals surface area contributed by atoms with Crippen LogP contribution in [0.25, 0.3) is 5.57 Å². The van der Waals surface area contributed by atoms with Gasteiger partial charge < -0.3 is 49.3 Å². The summed E-state index contributed by atoms with van der Waals surface area (Å²) < 4.78 is 25.9. The molecule has 5 unspecified atom stereocenters. The molecule has 1 aromatic carbocycles. The molecular weight excluding hydrogens is 636 g/mol. The lowest BCUT2D eigenvalue weighted by Crippen LogP contribution is -2.70. The fraction of sp³-hybridized carbons (Fsp3) is 0.545. The third-order valence-electron chi connectivity index (χ3n) is 10.2. The van der Waals surface area contributed by atoms with Gasteiger partial charge in [0.1, 0.15) is 47.5 Å². The fourth-order valence-electron chi connectivity index (χ4n) is 7.62. The minimum atomic E-state index is -1.15. The number of allylic oxidation sites excluding steroid dienone is 3. The van der Waals surface area contributed by atoms with Crippen molar-refractivity contribution >= 4 is 23.4 Å². The molecule has 16 nitrogen and oxygen atoms in total. The van der Waals surface area contributed by atoms with Crippen molar-refractivity contribution in [2.75, 3.05) is 38.4 Å². The summed E-state index contributed by atoms with van der Waals surface area (Å²) in [6.07, 6.45) is 7.28. The molecule has 16 heteroatoms. The minimum Gasteiger partial charge on any atom is -0.496 e. The van der Waals surface area contributed by atoms with Crippen molar-refractivity contribution in [1.82, 2.24) is 30.8 Å². The Morgan fingerprint density at radius 2 is 2.08 bits per heavy atom. The monoisotopic (exact) mass is 680 g/mol. The number of aliphatic hydroxyl groups excluding tert-OH is 1. The van der Waals surface area contributed by atoms with E-state index in [2.05, 4.69) is 26.3 Å². The Bertz CT molecular complexity index is 1680. The molecule has 3 saturated heterocycles. The molecule has 8 N–H and O–H groups in total. The van der Waals surface area contributed by atoms with E-state index >= 15 is 0 Å². The maximum atomic E-state index is 13.1. The van der Waals surface area contributed by atoms with Gasteiger partial charge in [-0.3, -0.25) is 21.2 Å². The van der Waals surface area contributed by atoms with Crippen molar-refractivity contribution in [3.05, 3.63) is 47.0 Å². The number of esters is 1. The van der Waals surface area contributed by atoms with Crippen LogP contribution in [-0.4, -0.2) is 95.3 Å². The number of nitrogens with one attached hydrogen (secondary N) is 4. The molecule has 6 heterocycles. The number of ether oxygens (including phenoxy) is 4. The van der Waals surface area contributed by atoms with Gasteiger partial charge in [-0.15, -0.1) is 0 Å². The number of carbonyl (C=O) groups excluding carboxylic acids is 2. The van der Waals surface area contributed by atoms with E-state index in [0.29, 0.717) is 59.3 Å². The van der Waals surface area contributed by atoms with Crippen LogP contribution in [0.5, 0.6) is 17.2 Å². The molecule has 7 rings (SSSR count). The zero-order chi connectivity index (χ0) is 34.4. The number of amides is 1. The Balaban J connectivity index is 1.27. The number of fused-ring (bicyclic) bond motifs is 3. The normalized spacial score (nSPS) is 26.9. The van der Waals surface area contributed by atoms with Crippen LogP contribution in [0.15, 0.2) is 30.3 Å². The van der Waals surface area contributed by atoms with Gasteiger partial charge in [0.05, 0.1) is 38.1 Å². The largest absolute Gasteiger partial charge is 0.496 e. The minimum absolute atomic E-state index is 0.0226. The molecule has 1 aromatic heterocycles. The second kappa shape index (κ2) is 13.3. The number of methoxy groups -OCH3 is 1. The van der Waals surface area contributed by atoms with Gasteiger partial charge in [-0.05, 0) is 57.3 Å². The number of rotatable bonds is 9. The first-order chi connectivity index (χ1) is 23.7. The van der Waals surface area contributed by atoms with Gasteiger partial charge >= 0.3 is 5.97 Å². The number of piperidine rings is 1. The topological polar surface area (TPSA) is 207 Å². The number of nitrogens with two attached hydrogens (primary N) is 1. The van der Waals surface area contributed by atoms with Crippen molar-refractivity contribution in [3.8, 4) is 17.2 Å². The van der Waals surface area contributed by atoms with E-state index in [1.165, 1.54) is 0 Å². The summed E-state index contributed by atoms with van der Waals surface area (Å²) in [5.41, 5.74) is 7.07. The highest BCUT2D eigenvalue weighted by molar-refractivity contribution is 5.96. The van der Waals surface area contributed by atoms with Crippen LogP contribution in [0.3, 0.4) is 0 Å². The van der Waals surface area contributed by atoms with Crippen LogP contribution in [0, 0.1) is 5.92 Å². The lowest BCUT2D eigenvalue weighted by atomic mass is 9.77. The Hall–Kier alpha value is -4.19. The van der Waals surface area contributed by atoms with Gasteiger partial charge in [-0.2, -0.15) is 0 Å². The van der Waals surface area contributed by atoms with Crippen LogP contribution in [-0.2, 0) is 33.9 Å². The highest BCUT2D eigenvalue weighted by Gasteiger charge is 2.48. The summed E-state index contributed by atoms with van der Waals surface area (Å²) in [6.45, 7) is 5.52. The third kappa shape index (κ3) is 5.81. The predicted molar refractivity (Wildman–Crippen MR) is 176 cm³/mol. The average Bonchev–Trinajstić information content (AvgIpc) is 3.85. The predicted octanol–water partition coefficient (Wildman–Crippen LogP) is -0.615. The fourth-order valence-corrected chi connectivity index (χ4v) is 7.62. The molecule has 2 aromatic rings. The first-order valence-electron chi connectivity index (χ1n) is 16.7. The number of hydrogen-bond acceptors (Lipinski definition) is 14. The standard InChI is InChI=1S/C33H44N8O8/c1-4-47-30(44)21-13-17(7-11-40-12-10-36-32(40)41-16-37-24-28(41)38-31(34)39-29(24)43)23-26(46-3)19-14-22(33(2,45)18-5-8-35-9-6-18)49-25(19)20(15-42)27(23)48-21/h7,10,12-13,18,22,24,28,31,35,37-38,42,45H,4-6,8-9,11,14-16,34H2,1-3H3,(H,39,43). The highest BCUT2D eigenvalue weighted by atomic mass is 16.6. The van der Waals surface area contributed by atoms with Crippen LogP contribution in [0.2, 0.25) is 0 Å². The van der Waals surface area contributed by atoms with Gasteiger partial charge in [0.2, 0.25) is 17.6 Å². The molecule has 0 radical (unpaired) electrons. The van der Waals surface area contributed by atoms with Gasteiger partial charge in [0.25, 0.3) is 0 Å². The number of hydrogen-bond donors (Lipinski definition) is 7. The third-order valence-corrected chi connectivity index (χ3v) is 10.2. The van der Waals surface area contributed by atoms with E-state index in [9.17, 15) is 19.8 Å². The molecule has 49 heavy (non-hydrogen) atoms. The summed E-state index contributed by atoms with van der Waals surface area (Å²) >= 11 is 0. The lowest BCUT2D eigenvalue weighted by Gasteiger charge is -2.39. The van der Waals surface area contributed by atoms with Crippen molar-refractivity contribution in [1.29, 1.82) is 0 Å². The number of anilines is 1. The zero-order valence-electron chi connectivity index (χ0n) is 27.8. The molecule has 5 atom stereocenters. The molecule has 0 saturated carbocycles. The maximum Gasteiger partial charge on any atom is 0.374 e. The Labute approximate surface area is 283 Å². The van der Waals surface area contributed by atoms with Crippen molar-refractivity contribution in [3.63, 3.8) is 0 Å². The SMILES string of the molecule is CCOC(=O)C1=CC(=CCn2ccnc2N2CNC3C(=O)NC(N)NC32)c2c(OC)c3c(c(CO)c2O1)OC(C(C)(O)C1CCNCC1)C3. The van der Waals surface area contributed by atoms with Crippen molar-refractivity contribution in [2.45, 2.75) is 76.5 Å². The Morgan fingerprint density at radius 3 is 2.82 bits per heavy atom. The molecule has 5 aliphatic heterocycles. The van der Waals surface area contributed by atoms with E-state index in [0.717, 1.165) is 25.9 Å². The molecule has 0 spiro atoms. The number of nitrogens with zero attached hydrogens (tertiary/aromatic N) is 3.